The maximum atomic E-state index is 12.3. The summed E-state index contributed by atoms with van der Waals surface area (Å²) in [4.78, 5) is 25.0. The van der Waals surface area contributed by atoms with E-state index in [1.165, 1.54) is 5.56 Å². The minimum absolute atomic E-state index is 0.0413. The SMILES string of the molecule is Cc1ccccc1CCC(=O)N1CCCCC1C(=O)O. The third-order valence-electron chi connectivity index (χ3n) is 3.98. The van der Waals surface area contributed by atoms with E-state index in [0.717, 1.165) is 18.4 Å². The van der Waals surface area contributed by atoms with E-state index in [1.54, 1.807) is 4.90 Å². The van der Waals surface area contributed by atoms with Gasteiger partial charge in [-0.05, 0) is 43.7 Å². The maximum Gasteiger partial charge on any atom is 0.326 e. The van der Waals surface area contributed by atoms with Crippen LogP contribution in [-0.4, -0.2) is 34.5 Å². The van der Waals surface area contributed by atoms with E-state index < -0.39 is 12.0 Å². The number of likely N-dealkylation sites (tertiary alicyclic amines) is 1. The molecule has 1 aliphatic heterocycles. The highest BCUT2D eigenvalue weighted by Gasteiger charge is 2.31. The van der Waals surface area contributed by atoms with Crippen molar-refractivity contribution < 1.29 is 14.7 Å². The molecule has 0 aromatic heterocycles. The average molecular weight is 275 g/mol. The molecule has 1 fully saturated rings. The van der Waals surface area contributed by atoms with Gasteiger partial charge >= 0.3 is 5.97 Å². The topological polar surface area (TPSA) is 57.6 Å². The van der Waals surface area contributed by atoms with E-state index in [9.17, 15) is 14.7 Å². The van der Waals surface area contributed by atoms with Crippen molar-refractivity contribution in [1.82, 2.24) is 4.90 Å². The fraction of sp³-hybridized carbons (Fsp3) is 0.500. The van der Waals surface area contributed by atoms with Crippen molar-refractivity contribution in [2.75, 3.05) is 6.54 Å². The molecule has 4 nitrogen and oxygen atoms in total. The summed E-state index contributed by atoms with van der Waals surface area (Å²) >= 11 is 0. The standard InChI is InChI=1S/C16H21NO3/c1-12-6-2-3-7-13(12)9-10-15(18)17-11-5-4-8-14(17)16(19)20/h2-3,6-7,14H,4-5,8-11H2,1H3,(H,19,20). The first-order chi connectivity index (χ1) is 9.59. The number of benzene rings is 1. The number of hydrogen-bond donors (Lipinski definition) is 1. The Hall–Kier alpha value is -1.84. The number of hydrogen-bond acceptors (Lipinski definition) is 2. The smallest absolute Gasteiger partial charge is 0.326 e. The Morgan fingerprint density at radius 3 is 2.75 bits per heavy atom. The molecule has 1 aromatic rings. The van der Waals surface area contributed by atoms with Crippen molar-refractivity contribution in [3.05, 3.63) is 35.4 Å². The molecule has 0 radical (unpaired) electrons. The molecule has 0 spiro atoms. The monoisotopic (exact) mass is 275 g/mol. The van der Waals surface area contributed by atoms with Crippen molar-refractivity contribution in [1.29, 1.82) is 0 Å². The second-order valence-electron chi connectivity index (χ2n) is 5.36. The molecule has 2 rings (SSSR count). The first kappa shape index (κ1) is 14.6. The van der Waals surface area contributed by atoms with Gasteiger partial charge in [0.05, 0.1) is 0 Å². The molecule has 1 atom stereocenters. The number of piperidine rings is 1. The maximum absolute atomic E-state index is 12.3. The Bertz CT molecular complexity index is 498. The number of rotatable bonds is 4. The lowest BCUT2D eigenvalue weighted by Gasteiger charge is -2.33. The van der Waals surface area contributed by atoms with Crippen LogP contribution in [0.4, 0.5) is 0 Å². The molecule has 0 bridgehead atoms. The largest absolute Gasteiger partial charge is 0.480 e. The van der Waals surface area contributed by atoms with Crippen LogP contribution in [0.2, 0.25) is 0 Å². The number of carbonyl (C=O) groups is 2. The zero-order valence-corrected chi connectivity index (χ0v) is 11.8. The fourth-order valence-corrected chi connectivity index (χ4v) is 2.76. The van der Waals surface area contributed by atoms with E-state index in [2.05, 4.69) is 0 Å². The van der Waals surface area contributed by atoms with Crippen LogP contribution < -0.4 is 0 Å². The molecule has 1 unspecified atom stereocenters. The summed E-state index contributed by atoms with van der Waals surface area (Å²) in [5.74, 6) is -0.922. The Morgan fingerprint density at radius 2 is 2.05 bits per heavy atom. The molecule has 1 aromatic carbocycles. The first-order valence-electron chi connectivity index (χ1n) is 7.16. The lowest BCUT2D eigenvalue weighted by Crippen LogP contribution is -2.48. The summed E-state index contributed by atoms with van der Waals surface area (Å²) in [5, 5.41) is 9.19. The molecule has 0 aliphatic carbocycles. The van der Waals surface area contributed by atoms with Gasteiger partial charge in [-0.3, -0.25) is 4.79 Å². The van der Waals surface area contributed by atoms with Crippen molar-refractivity contribution in [3.63, 3.8) is 0 Å². The van der Waals surface area contributed by atoms with Crippen LogP contribution in [-0.2, 0) is 16.0 Å². The molecule has 1 amide bonds. The molecule has 0 saturated carbocycles. The van der Waals surface area contributed by atoms with Crippen LogP contribution >= 0.6 is 0 Å². The van der Waals surface area contributed by atoms with Gasteiger partial charge in [0.15, 0.2) is 0 Å². The number of carbonyl (C=O) groups excluding carboxylic acids is 1. The summed E-state index contributed by atoms with van der Waals surface area (Å²) in [6.45, 7) is 2.60. The number of aryl methyl sites for hydroxylation is 2. The van der Waals surface area contributed by atoms with Gasteiger partial charge in [0.2, 0.25) is 5.91 Å². The van der Waals surface area contributed by atoms with Gasteiger partial charge in [-0.1, -0.05) is 24.3 Å². The van der Waals surface area contributed by atoms with Crippen molar-refractivity contribution in [3.8, 4) is 0 Å². The van der Waals surface area contributed by atoms with E-state index in [0.29, 0.717) is 25.8 Å². The summed E-state index contributed by atoms with van der Waals surface area (Å²) in [6, 6.07) is 7.36. The second kappa shape index (κ2) is 6.55. The molecule has 20 heavy (non-hydrogen) atoms. The van der Waals surface area contributed by atoms with E-state index >= 15 is 0 Å². The molecule has 1 heterocycles. The number of aliphatic carboxylic acids is 1. The van der Waals surface area contributed by atoms with Crippen LogP contribution in [0.15, 0.2) is 24.3 Å². The van der Waals surface area contributed by atoms with Gasteiger partial charge < -0.3 is 10.0 Å². The van der Waals surface area contributed by atoms with Crippen LogP contribution in [0.1, 0.15) is 36.8 Å². The summed E-state index contributed by atoms with van der Waals surface area (Å²) in [5.41, 5.74) is 2.33. The molecule has 108 valence electrons. The number of carboxylic acids is 1. The number of amides is 1. The molecular weight excluding hydrogens is 254 g/mol. The van der Waals surface area contributed by atoms with Crippen molar-refractivity contribution >= 4 is 11.9 Å². The highest BCUT2D eigenvalue weighted by molar-refractivity contribution is 5.84. The third-order valence-corrected chi connectivity index (χ3v) is 3.98. The molecule has 1 aliphatic rings. The van der Waals surface area contributed by atoms with Crippen LogP contribution in [0, 0.1) is 6.92 Å². The first-order valence-corrected chi connectivity index (χ1v) is 7.16. The zero-order valence-electron chi connectivity index (χ0n) is 11.8. The Kier molecular flexibility index (Phi) is 4.77. The Labute approximate surface area is 119 Å². The van der Waals surface area contributed by atoms with Gasteiger partial charge in [0, 0.05) is 13.0 Å². The predicted octanol–water partition coefficient (Wildman–Crippen LogP) is 2.39. The average Bonchev–Trinajstić information content (AvgIpc) is 2.46. The van der Waals surface area contributed by atoms with Crippen LogP contribution in [0.3, 0.4) is 0 Å². The van der Waals surface area contributed by atoms with Gasteiger partial charge in [-0.25, -0.2) is 4.79 Å². The zero-order chi connectivity index (χ0) is 14.5. The Balaban J connectivity index is 1.97. The molecular formula is C16H21NO3. The number of nitrogens with zero attached hydrogens (tertiary/aromatic N) is 1. The van der Waals surface area contributed by atoms with Gasteiger partial charge in [-0.2, -0.15) is 0 Å². The second-order valence-corrected chi connectivity index (χ2v) is 5.36. The van der Waals surface area contributed by atoms with Crippen LogP contribution in [0.5, 0.6) is 0 Å². The normalized spacial score (nSPS) is 18.9. The van der Waals surface area contributed by atoms with Gasteiger partial charge in [0.1, 0.15) is 6.04 Å². The predicted molar refractivity (Wildman–Crippen MR) is 76.5 cm³/mol. The highest BCUT2D eigenvalue weighted by atomic mass is 16.4. The fourth-order valence-electron chi connectivity index (χ4n) is 2.76. The lowest BCUT2D eigenvalue weighted by atomic mass is 10.00. The lowest BCUT2D eigenvalue weighted by molar-refractivity contribution is -0.152. The summed E-state index contributed by atoms with van der Waals surface area (Å²) in [7, 11) is 0. The molecule has 4 heteroatoms. The molecule has 1 N–H and O–H groups in total. The Morgan fingerprint density at radius 1 is 1.30 bits per heavy atom. The molecule has 1 saturated heterocycles. The van der Waals surface area contributed by atoms with Gasteiger partial charge in [-0.15, -0.1) is 0 Å². The summed E-state index contributed by atoms with van der Waals surface area (Å²) < 4.78 is 0. The van der Waals surface area contributed by atoms with E-state index in [-0.39, 0.29) is 5.91 Å². The highest BCUT2D eigenvalue weighted by Crippen LogP contribution is 2.19. The van der Waals surface area contributed by atoms with Crippen molar-refractivity contribution in [2.45, 2.75) is 45.1 Å². The summed E-state index contributed by atoms with van der Waals surface area (Å²) in [6.07, 6.45) is 3.42. The van der Waals surface area contributed by atoms with Crippen molar-refractivity contribution in [2.24, 2.45) is 0 Å². The minimum Gasteiger partial charge on any atom is -0.480 e. The van der Waals surface area contributed by atoms with Gasteiger partial charge in [0.25, 0.3) is 0 Å². The number of carboxylic acid groups (broad SMARTS) is 1. The quantitative estimate of drug-likeness (QED) is 0.918. The van der Waals surface area contributed by atoms with E-state index in [4.69, 9.17) is 0 Å². The van der Waals surface area contributed by atoms with E-state index in [1.807, 2.05) is 31.2 Å². The third kappa shape index (κ3) is 3.38. The van der Waals surface area contributed by atoms with Crippen LogP contribution in [0.25, 0.3) is 0 Å². The minimum atomic E-state index is -0.881.